The smallest absolute Gasteiger partial charge is 0.337 e. The van der Waals surface area contributed by atoms with E-state index in [9.17, 15) is 17.1 Å². The first-order valence-corrected chi connectivity index (χ1v) is 7.56. The zero-order valence-corrected chi connectivity index (χ0v) is 12.7. The number of benzene rings is 2. The van der Waals surface area contributed by atoms with Crippen LogP contribution in [0.3, 0.4) is 0 Å². The Balaban J connectivity index is 2.62. The van der Waals surface area contributed by atoms with Gasteiger partial charge in [0.25, 0.3) is 0 Å². The molecule has 5 nitrogen and oxygen atoms in total. The van der Waals surface area contributed by atoms with Gasteiger partial charge in [-0.3, -0.25) is 0 Å². The van der Waals surface area contributed by atoms with Crippen molar-refractivity contribution in [2.24, 2.45) is 0 Å². The first-order chi connectivity index (χ1) is 10.4. The van der Waals surface area contributed by atoms with Gasteiger partial charge in [0, 0.05) is 5.56 Å². The van der Waals surface area contributed by atoms with Crippen LogP contribution in [0.2, 0.25) is 0 Å². The average molecular weight is 324 g/mol. The van der Waals surface area contributed by atoms with Gasteiger partial charge in [0.05, 0.1) is 19.8 Å². The molecule has 0 amide bonds. The van der Waals surface area contributed by atoms with Crippen molar-refractivity contribution in [3.8, 4) is 16.9 Å². The van der Waals surface area contributed by atoms with E-state index in [4.69, 9.17) is 4.74 Å². The van der Waals surface area contributed by atoms with Gasteiger partial charge in [-0.15, -0.1) is 3.89 Å². The molecule has 0 aliphatic carbocycles. The van der Waals surface area contributed by atoms with E-state index < -0.39 is 21.1 Å². The molecule has 7 heteroatoms. The third kappa shape index (κ3) is 3.25. The second kappa shape index (κ2) is 6.15. The average Bonchev–Trinajstić information content (AvgIpc) is 2.53. The van der Waals surface area contributed by atoms with Crippen LogP contribution in [0.25, 0.3) is 11.1 Å². The van der Waals surface area contributed by atoms with Crippen LogP contribution < -0.4 is 4.74 Å². The van der Waals surface area contributed by atoms with Crippen molar-refractivity contribution in [1.29, 1.82) is 0 Å². The Hall–Kier alpha value is -2.41. The maximum atomic E-state index is 13.6. The number of carbonyl (C=O) groups excluding carboxylic acids is 1. The van der Waals surface area contributed by atoms with Crippen LogP contribution in [0.4, 0.5) is 3.89 Å². The Kier molecular flexibility index (Phi) is 4.46. The Bertz CT molecular complexity index is 797. The largest absolute Gasteiger partial charge is 0.497 e. The Morgan fingerprint density at radius 1 is 1.05 bits per heavy atom. The summed E-state index contributed by atoms with van der Waals surface area (Å²) in [6.07, 6.45) is 0. The van der Waals surface area contributed by atoms with Crippen molar-refractivity contribution in [1.82, 2.24) is 0 Å². The lowest BCUT2D eigenvalue weighted by Gasteiger charge is -2.09. The van der Waals surface area contributed by atoms with Crippen LogP contribution in [-0.2, 0) is 15.0 Å². The number of rotatable bonds is 4. The maximum Gasteiger partial charge on any atom is 0.337 e. The van der Waals surface area contributed by atoms with Crippen molar-refractivity contribution in [2.75, 3.05) is 14.2 Å². The standard InChI is InChI=1S/C15H13FO5S/c1-20-12-6-3-10(4-7-12)13-8-5-11(15(17)21-2)9-14(13)22(16,18)19/h3-9H,1-2H3. The summed E-state index contributed by atoms with van der Waals surface area (Å²) >= 11 is 0. The third-order valence-corrected chi connectivity index (χ3v) is 3.93. The summed E-state index contributed by atoms with van der Waals surface area (Å²) < 4.78 is 45.8. The maximum absolute atomic E-state index is 13.6. The summed E-state index contributed by atoms with van der Waals surface area (Å²) in [6.45, 7) is 0. The van der Waals surface area contributed by atoms with Gasteiger partial charge in [-0.05, 0) is 29.8 Å². The molecule has 0 saturated heterocycles. The minimum atomic E-state index is -5.00. The lowest BCUT2D eigenvalue weighted by Crippen LogP contribution is -2.04. The van der Waals surface area contributed by atoms with Crippen LogP contribution in [-0.4, -0.2) is 28.6 Å². The molecular weight excluding hydrogens is 311 g/mol. The monoisotopic (exact) mass is 324 g/mol. The van der Waals surface area contributed by atoms with Gasteiger partial charge in [0.2, 0.25) is 0 Å². The summed E-state index contributed by atoms with van der Waals surface area (Å²) in [5.74, 6) is -0.161. The molecule has 0 spiro atoms. The number of ether oxygens (including phenoxy) is 2. The summed E-state index contributed by atoms with van der Waals surface area (Å²) in [5.41, 5.74) is 0.585. The second-order valence-corrected chi connectivity index (χ2v) is 5.68. The third-order valence-electron chi connectivity index (χ3n) is 3.07. The van der Waals surface area contributed by atoms with Crippen molar-refractivity contribution >= 4 is 16.2 Å². The number of carbonyl (C=O) groups is 1. The molecular formula is C15H13FO5S. The Morgan fingerprint density at radius 2 is 1.68 bits per heavy atom. The van der Waals surface area contributed by atoms with E-state index in [1.807, 2.05) is 0 Å². The van der Waals surface area contributed by atoms with Crippen molar-refractivity contribution in [2.45, 2.75) is 4.90 Å². The molecule has 0 aromatic heterocycles. The minimum Gasteiger partial charge on any atom is -0.497 e. The van der Waals surface area contributed by atoms with Gasteiger partial charge in [0.1, 0.15) is 10.6 Å². The van der Waals surface area contributed by atoms with Gasteiger partial charge in [-0.1, -0.05) is 18.2 Å². The summed E-state index contributed by atoms with van der Waals surface area (Å²) in [7, 11) is -2.35. The fourth-order valence-electron chi connectivity index (χ4n) is 1.98. The summed E-state index contributed by atoms with van der Waals surface area (Å²) in [4.78, 5) is 10.9. The number of hydrogen-bond donors (Lipinski definition) is 0. The Labute approximate surface area is 127 Å². The SMILES string of the molecule is COC(=O)c1ccc(-c2ccc(OC)cc2)c(S(=O)(=O)F)c1. The minimum absolute atomic E-state index is 0.0454. The molecule has 0 unspecified atom stereocenters. The Morgan fingerprint density at radius 3 is 2.18 bits per heavy atom. The molecule has 0 aliphatic rings. The first kappa shape index (κ1) is 16.0. The van der Waals surface area contributed by atoms with E-state index in [2.05, 4.69) is 4.74 Å². The summed E-state index contributed by atoms with van der Waals surface area (Å²) in [6, 6.07) is 10.1. The van der Waals surface area contributed by atoms with E-state index in [-0.39, 0.29) is 11.1 Å². The second-order valence-electron chi connectivity index (χ2n) is 4.37. The quantitative estimate of drug-likeness (QED) is 0.639. The molecule has 2 aromatic carbocycles. The number of hydrogen-bond acceptors (Lipinski definition) is 5. The first-order valence-electron chi connectivity index (χ1n) is 6.18. The molecule has 0 radical (unpaired) electrons. The summed E-state index contributed by atoms with van der Waals surface area (Å²) in [5, 5.41) is 0. The van der Waals surface area contributed by atoms with Crippen LogP contribution in [0.5, 0.6) is 5.75 Å². The molecule has 0 atom stereocenters. The molecule has 0 heterocycles. The van der Waals surface area contributed by atoms with E-state index in [0.29, 0.717) is 11.3 Å². The number of methoxy groups -OCH3 is 2. The molecule has 0 N–H and O–H groups in total. The molecule has 0 bridgehead atoms. The van der Waals surface area contributed by atoms with E-state index >= 15 is 0 Å². The highest BCUT2D eigenvalue weighted by atomic mass is 32.3. The lowest BCUT2D eigenvalue weighted by molar-refractivity contribution is 0.0600. The molecule has 2 aromatic rings. The van der Waals surface area contributed by atoms with Crippen LogP contribution in [0, 0.1) is 0 Å². The van der Waals surface area contributed by atoms with E-state index in [1.165, 1.54) is 19.2 Å². The van der Waals surface area contributed by atoms with Crippen molar-refractivity contribution in [3.63, 3.8) is 0 Å². The van der Waals surface area contributed by atoms with Gasteiger partial charge in [-0.2, -0.15) is 8.42 Å². The predicted octanol–water partition coefficient (Wildman–Crippen LogP) is 2.81. The van der Waals surface area contributed by atoms with Crippen LogP contribution >= 0.6 is 0 Å². The van der Waals surface area contributed by atoms with Crippen molar-refractivity contribution in [3.05, 3.63) is 48.0 Å². The van der Waals surface area contributed by atoms with Crippen LogP contribution in [0.1, 0.15) is 10.4 Å². The fourth-order valence-corrected chi connectivity index (χ4v) is 2.69. The number of halogens is 1. The zero-order chi connectivity index (χ0) is 16.3. The number of esters is 1. The van der Waals surface area contributed by atoms with E-state index in [1.54, 1.807) is 24.3 Å². The van der Waals surface area contributed by atoms with Crippen molar-refractivity contribution < 1.29 is 26.6 Å². The molecule has 0 aliphatic heterocycles. The van der Waals surface area contributed by atoms with E-state index in [0.717, 1.165) is 13.2 Å². The van der Waals surface area contributed by atoms with Gasteiger partial charge < -0.3 is 9.47 Å². The highest BCUT2D eigenvalue weighted by molar-refractivity contribution is 7.86. The predicted molar refractivity (Wildman–Crippen MR) is 78.1 cm³/mol. The fraction of sp³-hybridized carbons (Fsp3) is 0.133. The lowest BCUT2D eigenvalue weighted by atomic mass is 10.0. The zero-order valence-electron chi connectivity index (χ0n) is 11.9. The highest BCUT2D eigenvalue weighted by Gasteiger charge is 2.21. The van der Waals surface area contributed by atoms with Gasteiger partial charge in [-0.25, -0.2) is 4.79 Å². The molecule has 2 rings (SSSR count). The topological polar surface area (TPSA) is 69.7 Å². The molecule has 0 fully saturated rings. The van der Waals surface area contributed by atoms with Gasteiger partial charge in [0.15, 0.2) is 0 Å². The molecule has 22 heavy (non-hydrogen) atoms. The van der Waals surface area contributed by atoms with Crippen LogP contribution in [0.15, 0.2) is 47.4 Å². The molecule has 116 valence electrons. The van der Waals surface area contributed by atoms with Gasteiger partial charge >= 0.3 is 16.2 Å². The highest BCUT2D eigenvalue weighted by Crippen LogP contribution is 2.31. The molecule has 0 saturated carbocycles. The normalized spacial score (nSPS) is 11.0.